The zero-order chi connectivity index (χ0) is 13.3. The van der Waals surface area contributed by atoms with E-state index in [9.17, 15) is 8.78 Å². The molecular formula is C14H17F2NO. The molecule has 1 N–H and O–H groups in total. The molecule has 0 amide bonds. The number of halogens is 2. The lowest BCUT2D eigenvalue weighted by Crippen LogP contribution is -2.12. The average Bonchev–Trinajstić information content (AvgIpc) is 2.72. The van der Waals surface area contributed by atoms with E-state index in [1.807, 2.05) is 20.8 Å². The van der Waals surface area contributed by atoms with Gasteiger partial charge in [0, 0.05) is 5.56 Å². The van der Waals surface area contributed by atoms with Crippen LogP contribution in [0.25, 0.3) is 11.0 Å². The standard InChI is InChI=1S/C14H17F2NO/c1-4-17-7-11-12(8(2)3)13-9(15)5-6-10(16)14(13)18-11/h5-6,8,17H,4,7H2,1-3H3. The summed E-state index contributed by atoms with van der Waals surface area (Å²) in [5.41, 5.74) is 0.773. The Morgan fingerprint density at radius 1 is 1.22 bits per heavy atom. The van der Waals surface area contributed by atoms with E-state index in [0.717, 1.165) is 24.2 Å². The van der Waals surface area contributed by atoms with Gasteiger partial charge in [0.25, 0.3) is 0 Å². The smallest absolute Gasteiger partial charge is 0.173 e. The molecule has 0 fully saturated rings. The summed E-state index contributed by atoms with van der Waals surface area (Å²) in [6, 6.07) is 2.25. The molecule has 0 aliphatic rings. The average molecular weight is 253 g/mol. The first-order valence-corrected chi connectivity index (χ1v) is 6.16. The molecule has 1 aromatic carbocycles. The zero-order valence-corrected chi connectivity index (χ0v) is 10.8. The maximum absolute atomic E-state index is 13.9. The molecule has 0 unspecified atom stereocenters. The van der Waals surface area contributed by atoms with Crippen LogP contribution in [0, 0.1) is 11.6 Å². The van der Waals surface area contributed by atoms with Crippen LogP contribution in [-0.4, -0.2) is 6.54 Å². The van der Waals surface area contributed by atoms with E-state index in [2.05, 4.69) is 5.32 Å². The Labute approximate surface area is 105 Å². The number of nitrogens with one attached hydrogen (secondary N) is 1. The van der Waals surface area contributed by atoms with Crippen molar-refractivity contribution in [2.75, 3.05) is 6.54 Å². The SMILES string of the molecule is CCNCc1oc2c(F)ccc(F)c2c1C(C)C. The van der Waals surface area contributed by atoms with Crippen LogP contribution in [0.4, 0.5) is 8.78 Å². The van der Waals surface area contributed by atoms with Crippen molar-refractivity contribution >= 4 is 11.0 Å². The van der Waals surface area contributed by atoms with Crippen LogP contribution >= 0.6 is 0 Å². The summed E-state index contributed by atoms with van der Waals surface area (Å²) in [5, 5.41) is 3.40. The van der Waals surface area contributed by atoms with Gasteiger partial charge >= 0.3 is 0 Å². The third-order valence-electron chi connectivity index (χ3n) is 2.97. The van der Waals surface area contributed by atoms with Gasteiger partial charge in [-0.1, -0.05) is 20.8 Å². The molecule has 0 saturated heterocycles. The number of benzene rings is 1. The van der Waals surface area contributed by atoms with Crippen LogP contribution in [-0.2, 0) is 6.54 Å². The Balaban J connectivity index is 2.67. The highest BCUT2D eigenvalue weighted by Crippen LogP contribution is 2.34. The summed E-state index contributed by atoms with van der Waals surface area (Å²) < 4.78 is 33.0. The van der Waals surface area contributed by atoms with E-state index >= 15 is 0 Å². The second-order valence-electron chi connectivity index (χ2n) is 4.61. The largest absolute Gasteiger partial charge is 0.456 e. The molecule has 0 bridgehead atoms. The molecule has 0 aliphatic carbocycles. The minimum absolute atomic E-state index is 0.0200. The second-order valence-corrected chi connectivity index (χ2v) is 4.61. The van der Waals surface area contributed by atoms with Crippen molar-refractivity contribution in [1.29, 1.82) is 0 Å². The topological polar surface area (TPSA) is 25.2 Å². The van der Waals surface area contributed by atoms with Crippen molar-refractivity contribution in [3.63, 3.8) is 0 Å². The number of rotatable bonds is 4. The Bertz CT molecular complexity index is 560. The van der Waals surface area contributed by atoms with Gasteiger partial charge in [-0.25, -0.2) is 8.78 Å². The first kappa shape index (κ1) is 13.0. The summed E-state index contributed by atoms with van der Waals surface area (Å²) in [7, 11) is 0. The number of fused-ring (bicyclic) bond motifs is 1. The summed E-state index contributed by atoms with van der Waals surface area (Å²) in [4.78, 5) is 0. The van der Waals surface area contributed by atoms with Gasteiger partial charge in [-0.3, -0.25) is 0 Å². The quantitative estimate of drug-likeness (QED) is 0.892. The highest BCUT2D eigenvalue weighted by atomic mass is 19.1. The van der Waals surface area contributed by atoms with E-state index in [1.54, 1.807) is 0 Å². The van der Waals surface area contributed by atoms with Gasteiger partial charge in [0.15, 0.2) is 11.4 Å². The zero-order valence-electron chi connectivity index (χ0n) is 10.8. The van der Waals surface area contributed by atoms with Gasteiger partial charge in [-0.2, -0.15) is 0 Å². The van der Waals surface area contributed by atoms with Gasteiger partial charge in [0.2, 0.25) is 0 Å². The van der Waals surface area contributed by atoms with Crippen molar-refractivity contribution in [3.8, 4) is 0 Å². The van der Waals surface area contributed by atoms with E-state index < -0.39 is 11.6 Å². The van der Waals surface area contributed by atoms with Crippen LogP contribution < -0.4 is 5.32 Å². The summed E-state index contributed by atoms with van der Waals surface area (Å²) in [5.74, 6) is -0.250. The van der Waals surface area contributed by atoms with Crippen molar-refractivity contribution in [3.05, 3.63) is 35.1 Å². The molecule has 98 valence electrons. The Morgan fingerprint density at radius 2 is 1.89 bits per heavy atom. The molecule has 0 spiro atoms. The van der Waals surface area contributed by atoms with Crippen LogP contribution in [0.1, 0.15) is 38.0 Å². The molecule has 2 rings (SSSR count). The molecule has 4 heteroatoms. The first-order valence-electron chi connectivity index (χ1n) is 6.16. The third-order valence-corrected chi connectivity index (χ3v) is 2.97. The Morgan fingerprint density at radius 3 is 2.50 bits per heavy atom. The fourth-order valence-corrected chi connectivity index (χ4v) is 2.18. The first-order chi connectivity index (χ1) is 8.56. The molecule has 2 nitrogen and oxygen atoms in total. The summed E-state index contributed by atoms with van der Waals surface area (Å²) in [6.45, 7) is 7.13. The molecule has 18 heavy (non-hydrogen) atoms. The van der Waals surface area contributed by atoms with Crippen molar-refractivity contribution < 1.29 is 13.2 Å². The number of hydrogen-bond donors (Lipinski definition) is 1. The third kappa shape index (κ3) is 2.12. The van der Waals surface area contributed by atoms with Gasteiger partial charge in [0.05, 0.1) is 11.9 Å². The molecule has 0 atom stereocenters. The van der Waals surface area contributed by atoms with Crippen molar-refractivity contribution in [2.45, 2.75) is 33.2 Å². The molecule has 0 saturated carbocycles. The normalized spacial score (nSPS) is 11.7. The minimum atomic E-state index is -0.518. The van der Waals surface area contributed by atoms with E-state index in [1.165, 1.54) is 0 Å². The van der Waals surface area contributed by atoms with Gasteiger partial charge < -0.3 is 9.73 Å². The highest BCUT2D eigenvalue weighted by Gasteiger charge is 2.21. The Kier molecular flexibility index (Phi) is 3.66. The lowest BCUT2D eigenvalue weighted by Gasteiger charge is -2.07. The fraction of sp³-hybridized carbons (Fsp3) is 0.429. The fourth-order valence-electron chi connectivity index (χ4n) is 2.18. The lowest BCUT2D eigenvalue weighted by molar-refractivity contribution is 0.491. The van der Waals surface area contributed by atoms with E-state index in [0.29, 0.717) is 12.3 Å². The van der Waals surface area contributed by atoms with Gasteiger partial charge in [-0.15, -0.1) is 0 Å². The lowest BCUT2D eigenvalue weighted by atomic mass is 9.99. The summed E-state index contributed by atoms with van der Waals surface area (Å²) >= 11 is 0. The predicted molar refractivity (Wildman–Crippen MR) is 67.6 cm³/mol. The molecule has 2 aromatic rings. The minimum Gasteiger partial charge on any atom is -0.456 e. The number of hydrogen-bond acceptors (Lipinski definition) is 2. The highest BCUT2D eigenvalue weighted by molar-refractivity contribution is 5.84. The van der Waals surface area contributed by atoms with Crippen LogP contribution in [0.2, 0.25) is 0 Å². The van der Waals surface area contributed by atoms with E-state index in [-0.39, 0.29) is 16.9 Å². The predicted octanol–water partition coefficient (Wildman–Crippen LogP) is 3.94. The molecule has 0 aliphatic heterocycles. The molecule has 1 heterocycles. The van der Waals surface area contributed by atoms with Gasteiger partial charge in [-0.05, 0) is 24.6 Å². The summed E-state index contributed by atoms with van der Waals surface area (Å²) in [6.07, 6.45) is 0. The van der Waals surface area contributed by atoms with Crippen LogP contribution in [0.3, 0.4) is 0 Å². The van der Waals surface area contributed by atoms with Crippen molar-refractivity contribution in [1.82, 2.24) is 5.32 Å². The van der Waals surface area contributed by atoms with Gasteiger partial charge in [0.1, 0.15) is 11.6 Å². The Hall–Kier alpha value is -1.42. The van der Waals surface area contributed by atoms with Crippen LogP contribution in [0.5, 0.6) is 0 Å². The monoisotopic (exact) mass is 253 g/mol. The maximum Gasteiger partial charge on any atom is 0.173 e. The number of furan rings is 1. The second kappa shape index (κ2) is 5.06. The van der Waals surface area contributed by atoms with Crippen LogP contribution in [0.15, 0.2) is 16.5 Å². The maximum atomic E-state index is 13.9. The van der Waals surface area contributed by atoms with E-state index in [4.69, 9.17) is 4.42 Å². The molecule has 1 aromatic heterocycles. The molecule has 0 radical (unpaired) electrons. The molecular weight excluding hydrogens is 236 g/mol. The van der Waals surface area contributed by atoms with Crippen molar-refractivity contribution in [2.24, 2.45) is 0 Å².